The summed E-state index contributed by atoms with van der Waals surface area (Å²) in [7, 11) is 1.86. The molecule has 0 aliphatic rings. The molecule has 96 valence electrons. The van der Waals surface area contributed by atoms with Gasteiger partial charge in [-0.3, -0.25) is 4.68 Å². The van der Waals surface area contributed by atoms with Crippen LogP contribution in [-0.2, 0) is 19.1 Å². The lowest BCUT2D eigenvalue weighted by molar-refractivity contribution is 0.0480. The average molecular weight is 248 g/mol. The molecule has 0 saturated carbocycles. The lowest BCUT2D eigenvalue weighted by Crippen LogP contribution is -2.21. The van der Waals surface area contributed by atoms with Crippen molar-refractivity contribution >= 4 is 0 Å². The normalized spacial score (nSPS) is 14.4. The van der Waals surface area contributed by atoms with Crippen molar-refractivity contribution in [2.24, 2.45) is 7.05 Å². The molecule has 18 heavy (non-hydrogen) atoms. The Morgan fingerprint density at radius 2 is 2.00 bits per heavy atom. The Morgan fingerprint density at radius 1 is 1.33 bits per heavy atom. The first-order valence-electron chi connectivity index (χ1n) is 5.93. The fraction of sp³-hybridized carbons (Fsp3) is 0.357. The van der Waals surface area contributed by atoms with Crippen LogP contribution in [0.1, 0.15) is 24.5 Å². The molecule has 0 amide bonds. The predicted molar refractivity (Wildman–Crippen MR) is 67.5 cm³/mol. The maximum Gasteiger partial charge on any atom is 0.123 e. The Bertz CT molecular complexity index is 517. The fourth-order valence-corrected chi connectivity index (χ4v) is 1.94. The molecular formula is C14H17FN2O. The van der Waals surface area contributed by atoms with E-state index >= 15 is 0 Å². The second kappa shape index (κ2) is 4.90. The molecule has 0 radical (unpaired) electrons. The van der Waals surface area contributed by atoms with E-state index in [0.29, 0.717) is 6.42 Å². The summed E-state index contributed by atoms with van der Waals surface area (Å²) in [6, 6.07) is 5.99. The Morgan fingerprint density at radius 3 is 2.56 bits per heavy atom. The number of aryl methyl sites for hydroxylation is 2. The second-order valence-electron chi connectivity index (χ2n) is 4.80. The minimum Gasteiger partial charge on any atom is -0.385 e. The zero-order chi connectivity index (χ0) is 13.2. The fourth-order valence-electron chi connectivity index (χ4n) is 1.94. The molecule has 1 aromatic heterocycles. The van der Waals surface area contributed by atoms with Crippen LogP contribution in [0.25, 0.3) is 0 Å². The molecule has 0 fully saturated rings. The van der Waals surface area contributed by atoms with Crippen molar-refractivity contribution in [2.45, 2.75) is 25.4 Å². The van der Waals surface area contributed by atoms with E-state index in [1.54, 1.807) is 29.9 Å². The van der Waals surface area contributed by atoms with Crippen molar-refractivity contribution in [2.75, 3.05) is 0 Å². The van der Waals surface area contributed by atoms with Gasteiger partial charge >= 0.3 is 0 Å². The van der Waals surface area contributed by atoms with Crippen molar-refractivity contribution in [3.05, 3.63) is 53.6 Å². The first kappa shape index (κ1) is 12.8. The number of aliphatic hydroxyl groups is 1. The molecule has 1 N–H and O–H groups in total. The van der Waals surface area contributed by atoms with Gasteiger partial charge in [0.1, 0.15) is 5.82 Å². The van der Waals surface area contributed by atoms with Crippen LogP contribution in [0.5, 0.6) is 0 Å². The molecule has 0 bridgehead atoms. The van der Waals surface area contributed by atoms with Crippen molar-refractivity contribution in [3.8, 4) is 0 Å². The first-order chi connectivity index (χ1) is 8.47. The summed E-state index contributed by atoms with van der Waals surface area (Å²) < 4.78 is 14.6. The highest BCUT2D eigenvalue weighted by Crippen LogP contribution is 2.26. The Labute approximate surface area is 106 Å². The van der Waals surface area contributed by atoms with Crippen LogP contribution in [0.3, 0.4) is 0 Å². The summed E-state index contributed by atoms with van der Waals surface area (Å²) in [5, 5.41) is 14.5. The molecule has 0 aliphatic carbocycles. The number of hydrogen-bond donors (Lipinski definition) is 1. The Hall–Kier alpha value is -1.68. The second-order valence-corrected chi connectivity index (χ2v) is 4.80. The van der Waals surface area contributed by atoms with E-state index in [1.807, 2.05) is 13.2 Å². The van der Waals surface area contributed by atoms with Gasteiger partial charge in [-0.25, -0.2) is 4.39 Å². The van der Waals surface area contributed by atoms with Gasteiger partial charge in [-0.2, -0.15) is 5.10 Å². The molecule has 0 saturated heterocycles. The topological polar surface area (TPSA) is 38.0 Å². The van der Waals surface area contributed by atoms with E-state index in [9.17, 15) is 9.50 Å². The van der Waals surface area contributed by atoms with E-state index in [0.717, 1.165) is 17.5 Å². The summed E-state index contributed by atoms with van der Waals surface area (Å²) in [4.78, 5) is 0. The standard InChI is InChI=1S/C14H17FN2O/c1-14(18,12-3-5-13(15)6-4-12)8-7-11-9-16-17(2)10-11/h3-6,9-10,18H,7-8H2,1-2H3. The molecular weight excluding hydrogens is 231 g/mol. The largest absolute Gasteiger partial charge is 0.385 e. The van der Waals surface area contributed by atoms with Gasteiger partial charge in [-0.15, -0.1) is 0 Å². The van der Waals surface area contributed by atoms with Crippen LogP contribution in [0, 0.1) is 5.82 Å². The van der Waals surface area contributed by atoms with Crippen LogP contribution in [0.15, 0.2) is 36.7 Å². The van der Waals surface area contributed by atoms with E-state index in [2.05, 4.69) is 5.10 Å². The number of benzene rings is 1. The first-order valence-corrected chi connectivity index (χ1v) is 5.93. The van der Waals surface area contributed by atoms with Gasteiger partial charge in [0.15, 0.2) is 0 Å². The molecule has 2 rings (SSSR count). The average Bonchev–Trinajstić information content (AvgIpc) is 2.73. The van der Waals surface area contributed by atoms with E-state index in [-0.39, 0.29) is 5.82 Å². The molecule has 1 aromatic carbocycles. The minimum atomic E-state index is -0.955. The number of nitrogens with zero attached hydrogens (tertiary/aromatic N) is 2. The van der Waals surface area contributed by atoms with Crippen molar-refractivity contribution in [1.29, 1.82) is 0 Å². The maximum atomic E-state index is 12.8. The van der Waals surface area contributed by atoms with Gasteiger partial charge in [0.2, 0.25) is 0 Å². The van der Waals surface area contributed by atoms with Crippen molar-refractivity contribution in [1.82, 2.24) is 9.78 Å². The van der Waals surface area contributed by atoms with Crippen LogP contribution in [0.4, 0.5) is 4.39 Å². The van der Waals surface area contributed by atoms with Crippen LogP contribution in [0.2, 0.25) is 0 Å². The monoisotopic (exact) mass is 248 g/mol. The summed E-state index contributed by atoms with van der Waals surface area (Å²) in [5.74, 6) is -0.290. The molecule has 1 unspecified atom stereocenters. The van der Waals surface area contributed by atoms with Gasteiger partial charge in [0.05, 0.1) is 11.8 Å². The van der Waals surface area contributed by atoms with E-state index in [4.69, 9.17) is 0 Å². The summed E-state index contributed by atoms with van der Waals surface area (Å²) in [6.45, 7) is 1.75. The molecule has 1 atom stereocenters. The number of rotatable bonds is 4. The molecule has 3 nitrogen and oxygen atoms in total. The van der Waals surface area contributed by atoms with E-state index < -0.39 is 5.60 Å². The van der Waals surface area contributed by atoms with Crippen molar-refractivity contribution in [3.63, 3.8) is 0 Å². The highest BCUT2D eigenvalue weighted by atomic mass is 19.1. The van der Waals surface area contributed by atoms with Gasteiger partial charge < -0.3 is 5.11 Å². The number of halogens is 1. The minimum absolute atomic E-state index is 0.290. The predicted octanol–water partition coefficient (Wildman–Crippen LogP) is 2.40. The Kier molecular flexibility index (Phi) is 3.48. The molecule has 4 heteroatoms. The highest BCUT2D eigenvalue weighted by molar-refractivity contribution is 5.22. The SMILES string of the molecule is Cn1cc(CCC(C)(O)c2ccc(F)cc2)cn1. The van der Waals surface area contributed by atoms with Gasteiger partial charge in [0.25, 0.3) is 0 Å². The van der Waals surface area contributed by atoms with Crippen LogP contribution in [-0.4, -0.2) is 14.9 Å². The van der Waals surface area contributed by atoms with Gasteiger partial charge in [-0.1, -0.05) is 12.1 Å². The smallest absolute Gasteiger partial charge is 0.123 e. The third kappa shape index (κ3) is 2.96. The zero-order valence-electron chi connectivity index (χ0n) is 10.6. The molecule has 0 spiro atoms. The van der Waals surface area contributed by atoms with Crippen LogP contribution >= 0.6 is 0 Å². The quantitative estimate of drug-likeness (QED) is 0.902. The zero-order valence-corrected chi connectivity index (χ0v) is 10.6. The third-order valence-electron chi connectivity index (χ3n) is 3.12. The maximum absolute atomic E-state index is 12.8. The summed E-state index contributed by atoms with van der Waals surface area (Å²) in [5.41, 5.74) is 0.858. The number of hydrogen-bond acceptors (Lipinski definition) is 2. The molecule has 2 aromatic rings. The van der Waals surface area contributed by atoms with Gasteiger partial charge in [-0.05, 0) is 43.0 Å². The summed E-state index contributed by atoms with van der Waals surface area (Å²) in [6.07, 6.45) is 5.03. The lowest BCUT2D eigenvalue weighted by atomic mass is 9.90. The van der Waals surface area contributed by atoms with Crippen LogP contribution < -0.4 is 0 Å². The third-order valence-corrected chi connectivity index (χ3v) is 3.12. The lowest BCUT2D eigenvalue weighted by Gasteiger charge is -2.23. The highest BCUT2D eigenvalue weighted by Gasteiger charge is 2.22. The molecule has 1 heterocycles. The van der Waals surface area contributed by atoms with E-state index in [1.165, 1.54) is 12.1 Å². The molecule has 0 aliphatic heterocycles. The van der Waals surface area contributed by atoms with Gasteiger partial charge in [0, 0.05) is 13.2 Å². The Balaban J connectivity index is 2.04. The van der Waals surface area contributed by atoms with Crippen molar-refractivity contribution < 1.29 is 9.50 Å². The number of aromatic nitrogens is 2. The summed E-state index contributed by atoms with van der Waals surface area (Å²) >= 11 is 0.